The quantitative estimate of drug-likeness (QED) is 0.0516. The third kappa shape index (κ3) is 15.8. The van der Waals surface area contributed by atoms with Gasteiger partial charge in [0.25, 0.3) is 0 Å². The maximum atomic E-state index is 13.7. The van der Waals surface area contributed by atoms with Crippen LogP contribution >= 0.6 is 0 Å². The lowest BCUT2D eigenvalue weighted by Crippen LogP contribution is -2.32. The number of esters is 4. The lowest BCUT2D eigenvalue weighted by molar-refractivity contribution is -0.142. The van der Waals surface area contributed by atoms with Crippen LogP contribution in [0.4, 0.5) is 0 Å². The summed E-state index contributed by atoms with van der Waals surface area (Å²) in [6, 6.07) is 66.5. The molecule has 8 nitrogen and oxygen atoms in total. The fourth-order valence-corrected chi connectivity index (χ4v) is 28.3. The van der Waals surface area contributed by atoms with E-state index in [2.05, 4.69) is 122 Å². The molecule has 0 N–H and O–H groups in total. The Balaban J connectivity index is 0.000000115. The van der Waals surface area contributed by atoms with Crippen LogP contribution in [0, 0.1) is 29.6 Å². The van der Waals surface area contributed by atoms with Gasteiger partial charge in [0.2, 0.25) is 0 Å². The Morgan fingerprint density at radius 3 is 0.877 bits per heavy atom. The lowest BCUT2D eigenvalue weighted by atomic mass is 9.73. The molecule has 8 aliphatic rings. The van der Waals surface area contributed by atoms with Gasteiger partial charge in [-0.2, -0.15) is 0 Å². The second-order valence-corrected chi connectivity index (χ2v) is 39.1. The highest BCUT2D eigenvalue weighted by molar-refractivity contribution is 7.98. The van der Waals surface area contributed by atoms with Crippen LogP contribution in [-0.4, -0.2) is 69.9 Å². The molecule has 4 aliphatic carbocycles. The molecule has 0 radical (unpaired) electrons. The monoisotopic (exact) mass is 1480 g/mol. The van der Waals surface area contributed by atoms with Crippen molar-refractivity contribution in [2.24, 2.45) is 29.6 Å². The molecule has 0 spiro atoms. The number of benzene rings is 10. The smallest absolute Gasteiger partial charge is 0.338 e. The largest absolute Gasteiger partial charge is 0.426 e. The Hall–Kier alpha value is -8.00. The van der Waals surface area contributed by atoms with E-state index in [1.807, 2.05) is 84.9 Å². The topological polar surface area (TPSA) is 105 Å². The van der Waals surface area contributed by atoms with Gasteiger partial charge in [0, 0.05) is 97.8 Å². The molecule has 4 unspecified atom stereocenters. The number of rotatable bonds is 12. The Bertz CT molecular complexity index is 4830. The van der Waals surface area contributed by atoms with Crippen molar-refractivity contribution in [1.29, 1.82) is 0 Å². The molecular weight excluding hydrogens is 1390 g/mol. The first-order chi connectivity index (χ1) is 51.9. The first-order valence-corrected chi connectivity index (χ1v) is 45.3. The van der Waals surface area contributed by atoms with Gasteiger partial charge in [-0.1, -0.05) is 160 Å². The molecule has 0 aromatic heterocycles. The van der Waals surface area contributed by atoms with Crippen LogP contribution in [0.25, 0.3) is 54.2 Å². The number of hydrogen-bond acceptors (Lipinski definition) is 8. The van der Waals surface area contributed by atoms with E-state index in [-0.39, 0.29) is 35.7 Å². The normalized spacial score (nSPS) is 20.8. The highest BCUT2D eigenvalue weighted by Crippen LogP contribution is 2.58. The van der Waals surface area contributed by atoms with Crippen molar-refractivity contribution in [1.82, 2.24) is 0 Å². The van der Waals surface area contributed by atoms with Gasteiger partial charge in [-0.3, -0.25) is 9.59 Å². The summed E-state index contributed by atoms with van der Waals surface area (Å²) in [4.78, 5) is 56.6. The summed E-state index contributed by atoms with van der Waals surface area (Å²) in [5.41, 5.74) is 5.15. The minimum absolute atomic E-state index is 0.0781. The average Bonchev–Trinajstić information content (AvgIpc) is 1.64. The molecule has 12 heteroatoms. The summed E-state index contributed by atoms with van der Waals surface area (Å²) >= 11 is 0. The summed E-state index contributed by atoms with van der Waals surface area (Å²) in [6.45, 7) is 10.6. The summed E-state index contributed by atoms with van der Waals surface area (Å²) in [7, 11) is 1.33. The average molecular weight is 1490 g/mol. The third-order valence-corrected chi connectivity index (χ3v) is 33.5. The molecule has 0 bridgehead atoms. The Kier molecular flexibility index (Phi) is 23.6. The maximum absolute atomic E-state index is 13.7. The van der Waals surface area contributed by atoms with Gasteiger partial charge in [0.1, 0.15) is 74.9 Å². The van der Waals surface area contributed by atoms with Gasteiger partial charge >= 0.3 is 23.9 Å². The van der Waals surface area contributed by atoms with E-state index >= 15 is 0 Å². The molecule has 18 rings (SSSR count). The molecule has 3 saturated carbocycles. The lowest BCUT2D eigenvalue weighted by Gasteiger charge is -2.32. The maximum Gasteiger partial charge on any atom is 0.338 e. The van der Waals surface area contributed by atoms with Crippen LogP contribution < -0.4 is 18.9 Å². The number of fused-ring (bicyclic) bond motifs is 10. The predicted molar refractivity (Wildman–Crippen MR) is 444 cm³/mol. The Morgan fingerprint density at radius 1 is 0.292 bits per heavy atom. The highest BCUT2D eigenvalue weighted by atomic mass is 32.2. The Morgan fingerprint density at radius 2 is 0.557 bits per heavy atom. The van der Waals surface area contributed by atoms with Gasteiger partial charge in [-0.25, -0.2) is 9.59 Å². The van der Waals surface area contributed by atoms with Crippen LogP contribution in [0.2, 0.25) is 0 Å². The minimum Gasteiger partial charge on any atom is -0.426 e. The molecule has 544 valence electrons. The molecule has 4 heterocycles. The third-order valence-electron chi connectivity index (χ3n) is 23.3. The van der Waals surface area contributed by atoms with Crippen molar-refractivity contribution in [2.45, 2.75) is 155 Å². The van der Waals surface area contributed by atoms with E-state index in [0.29, 0.717) is 83.8 Å². The number of ether oxygens (including phenoxy) is 4. The van der Waals surface area contributed by atoms with Crippen LogP contribution in [0.1, 0.15) is 146 Å². The van der Waals surface area contributed by atoms with E-state index in [0.717, 1.165) is 61.4 Å². The van der Waals surface area contributed by atoms with Crippen molar-refractivity contribution < 1.29 is 38.1 Å². The summed E-state index contributed by atoms with van der Waals surface area (Å²) in [5.74, 6) is 14.6. The predicted octanol–water partition coefficient (Wildman–Crippen LogP) is 22.1. The zero-order valence-corrected chi connectivity index (χ0v) is 64.9. The fourth-order valence-electron chi connectivity index (χ4n) is 18.3. The molecule has 4 atom stereocenters. The van der Waals surface area contributed by atoms with Gasteiger partial charge in [-0.15, -0.1) is 0 Å². The molecular formula is C94H100O8S4+4. The van der Waals surface area contributed by atoms with E-state index in [1.165, 1.54) is 203 Å². The summed E-state index contributed by atoms with van der Waals surface area (Å²) in [6.07, 6.45) is 23.8. The van der Waals surface area contributed by atoms with Crippen LogP contribution in [0.3, 0.4) is 0 Å². The summed E-state index contributed by atoms with van der Waals surface area (Å²) in [5, 5.41) is 9.18. The number of carbonyl (C=O) groups is 4. The molecule has 4 aliphatic heterocycles. The van der Waals surface area contributed by atoms with Gasteiger partial charge < -0.3 is 18.9 Å². The molecule has 0 amide bonds. The van der Waals surface area contributed by atoms with Gasteiger partial charge in [0.05, 0.1) is 5.92 Å². The van der Waals surface area contributed by atoms with Crippen molar-refractivity contribution in [3.05, 3.63) is 230 Å². The minimum atomic E-state index is -0.387. The molecule has 106 heavy (non-hydrogen) atoms. The van der Waals surface area contributed by atoms with Crippen molar-refractivity contribution in [3.63, 3.8) is 0 Å². The molecule has 10 aromatic rings. The van der Waals surface area contributed by atoms with Crippen molar-refractivity contribution >= 4 is 111 Å². The second-order valence-electron chi connectivity index (χ2n) is 30.1. The SMILES string of the molecule is C=C(C)C(=O)Oc1ccc([S+]2CCCC2)c2ccccc12.C=C(C)C(=O)Oc1ccc([S+]2CCCCC2)c2ccccc12.O=C(Oc1ccc([S+]2CCCC2)c2ccccc12)C1c2ccccc2-c2ccccc21.O=C(Oc1ccc([S+]2CCCCC2)c2ccccc12)C1C2CCCCC2C2CCCCC21. The standard InChI is InChI=1S/C29H37O2S.C28H23O2S.C19H21O2S.C18H19O2S/c30-29(28-24-14-6-2-10-20(24)21-11-3-7-15-25(21)28)31-26-16-17-27(32-18-8-1-9-19-32)23-13-5-4-12-22(23)26;29-28(27-23-13-5-1-9-19(23)20-10-2-6-14-24(20)27)30-25-15-16-26(31-17-7-8-18-31)22-12-4-3-11-21(22)25;1-14(2)19(20)21-17-10-11-18(22-12-6-3-7-13-22)16-9-5-4-8-15(16)17;1-13(2)18(19)20-16-9-10-17(21-11-5-6-12-21)15-8-4-3-7-14(15)16/h4-5,12-13,16-17,20-21,24-25,28H,1-3,6-11,14-15,18-19H2;1-6,9-16,27H,7-8,17-18H2;4-5,8-11H,1,3,6-7,12-13H2,2H3;3-4,7-10H,1,5-6,11-12H2,2H3/q4*+1. The Labute approximate surface area is 638 Å². The number of hydrogen-bond donors (Lipinski definition) is 0. The molecule has 4 saturated heterocycles. The van der Waals surface area contributed by atoms with E-state index < -0.39 is 0 Å². The van der Waals surface area contributed by atoms with Gasteiger partial charge in [0.15, 0.2) is 19.6 Å². The van der Waals surface area contributed by atoms with Crippen LogP contribution in [0.15, 0.2) is 238 Å². The van der Waals surface area contributed by atoms with Gasteiger partial charge in [-0.05, 0) is 222 Å². The zero-order valence-electron chi connectivity index (χ0n) is 61.6. The van der Waals surface area contributed by atoms with E-state index in [4.69, 9.17) is 18.9 Å². The molecule has 10 aromatic carbocycles. The van der Waals surface area contributed by atoms with Crippen LogP contribution in [0.5, 0.6) is 23.0 Å². The second kappa shape index (κ2) is 34.1. The highest BCUT2D eigenvalue weighted by Gasteiger charge is 2.54. The number of carbonyl (C=O) groups excluding carboxylic acids is 4. The van der Waals surface area contributed by atoms with E-state index in [1.54, 1.807) is 13.8 Å². The first kappa shape index (κ1) is 73.5. The molecule has 7 fully saturated rings. The first-order valence-electron chi connectivity index (χ1n) is 39.1. The van der Waals surface area contributed by atoms with Crippen molar-refractivity contribution in [2.75, 3.05) is 46.0 Å². The summed E-state index contributed by atoms with van der Waals surface area (Å²) < 4.78 is 23.4. The van der Waals surface area contributed by atoms with E-state index in [9.17, 15) is 19.2 Å². The van der Waals surface area contributed by atoms with Crippen molar-refractivity contribution in [3.8, 4) is 34.1 Å². The fraction of sp³-hybridized carbons (Fsp3) is 0.362. The zero-order chi connectivity index (χ0) is 72.6. The van der Waals surface area contributed by atoms with Crippen LogP contribution in [-0.2, 0) is 62.8 Å².